The second-order valence-electron chi connectivity index (χ2n) is 8.01. The summed E-state index contributed by atoms with van der Waals surface area (Å²) in [7, 11) is 3.30. The third-order valence-corrected chi connectivity index (χ3v) is 6.98. The van der Waals surface area contributed by atoms with E-state index in [4.69, 9.17) is 18.9 Å². The summed E-state index contributed by atoms with van der Waals surface area (Å²) in [5.74, 6) is 2.88. The van der Waals surface area contributed by atoms with Crippen LogP contribution < -0.4 is 24.3 Å². The molecule has 0 aliphatic carbocycles. The van der Waals surface area contributed by atoms with Crippen molar-refractivity contribution < 1.29 is 23.7 Å². The van der Waals surface area contributed by atoms with Gasteiger partial charge in [-0.05, 0) is 58.8 Å². The quantitative estimate of drug-likeness (QED) is 0.572. The molecule has 0 unspecified atom stereocenters. The van der Waals surface area contributed by atoms with E-state index in [-0.39, 0.29) is 18.7 Å². The molecule has 2 aliphatic rings. The van der Waals surface area contributed by atoms with Crippen LogP contribution in [0.3, 0.4) is 0 Å². The average Bonchev–Trinajstić information content (AvgIpc) is 3.53. The van der Waals surface area contributed by atoms with E-state index in [2.05, 4.69) is 33.8 Å². The predicted octanol–water partition coefficient (Wildman–Crippen LogP) is 3.76. The fourth-order valence-electron chi connectivity index (χ4n) is 4.44. The SMILES string of the molecule is COc1cc2c(cc1OC)[C@H](c1cccs1)N(CC(=O)NCc1ccc3c(c1)OCO3)CC2. The number of hydrogen-bond acceptors (Lipinski definition) is 7. The van der Waals surface area contributed by atoms with Gasteiger partial charge in [0.15, 0.2) is 23.0 Å². The van der Waals surface area contributed by atoms with Crippen LogP contribution in [0.2, 0.25) is 0 Å². The molecule has 172 valence electrons. The van der Waals surface area contributed by atoms with Crippen molar-refractivity contribution in [2.24, 2.45) is 0 Å². The minimum atomic E-state index is -0.0156. The number of hydrogen-bond donors (Lipinski definition) is 1. The number of rotatable bonds is 7. The Hall–Kier alpha value is -3.23. The molecule has 1 atom stereocenters. The number of nitrogens with one attached hydrogen (secondary N) is 1. The molecular formula is C25H26N2O5S. The van der Waals surface area contributed by atoms with E-state index in [0.717, 1.165) is 41.3 Å². The number of fused-ring (bicyclic) bond motifs is 2. The van der Waals surface area contributed by atoms with Crippen LogP contribution in [-0.2, 0) is 17.8 Å². The lowest BCUT2D eigenvalue weighted by molar-refractivity contribution is -0.122. The van der Waals surface area contributed by atoms with Gasteiger partial charge in [-0.2, -0.15) is 0 Å². The second-order valence-corrected chi connectivity index (χ2v) is 8.99. The van der Waals surface area contributed by atoms with Crippen molar-refractivity contribution in [2.75, 3.05) is 34.1 Å². The molecule has 0 saturated heterocycles. The van der Waals surface area contributed by atoms with Crippen molar-refractivity contribution in [1.82, 2.24) is 10.2 Å². The van der Waals surface area contributed by atoms with Crippen LogP contribution in [-0.4, -0.2) is 44.9 Å². The summed E-state index contributed by atoms with van der Waals surface area (Å²) in [5, 5.41) is 5.12. The normalized spacial score (nSPS) is 16.8. The Balaban J connectivity index is 1.33. The number of carbonyl (C=O) groups is 1. The Labute approximate surface area is 196 Å². The molecule has 8 heteroatoms. The molecule has 2 aliphatic heterocycles. The molecular weight excluding hydrogens is 440 g/mol. The van der Waals surface area contributed by atoms with Crippen molar-refractivity contribution in [1.29, 1.82) is 0 Å². The van der Waals surface area contributed by atoms with Crippen LogP contribution in [0.4, 0.5) is 0 Å². The third kappa shape index (κ3) is 4.36. The largest absolute Gasteiger partial charge is 0.493 e. The topological polar surface area (TPSA) is 69.3 Å². The van der Waals surface area contributed by atoms with Gasteiger partial charge in [-0.25, -0.2) is 0 Å². The number of carbonyl (C=O) groups excluding carboxylic acids is 1. The molecule has 3 heterocycles. The fraction of sp³-hybridized carbons (Fsp3) is 0.320. The number of methoxy groups -OCH3 is 2. The molecule has 1 aromatic heterocycles. The maximum atomic E-state index is 12.9. The monoisotopic (exact) mass is 466 g/mol. The predicted molar refractivity (Wildman–Crippen MR) is 125 cm³/mol. The molecule has 0 radical (unpaired) electrons. The molecule has 0 bridgehead atoms. The maximum absolute atomic E-state index is 12.9. The number of amides is 1. The van der Waals surface area contributed by atoms with Crippen LogP contribution in [0.25, 0.3) is 0 Å². The Bertz CT molecular complexity index is 1150. The zero-order valence-corrected chi connectivity index (χ0v) is 19.4. The van der Waals surface area contributed by atoms with E-state index in [9.17, 15) is 4.79 Å². The molecule has 5 rings (SSSR count). The van der Waals surface area contributed by atoms with Gasteiger partial charge in [-0.3, -0.25) is 9.69 Å². The molecule has 1 N–H and O–H groups in total. The Morgan fingerprint density at radius 3 is 2.73 bits per heavy atom. The summed E-state index contributed by atoms with van der Waals surface area (Å²) < 4.78 is 21.9. The summed E-state index contributed by atoms with van der Waals surface area (Å²) in [5.41, 5.74) is 3.36. The van der Waals surface area contributed by atoms with Gasteiger partial charge in [0.1, 0.15) is 0 Å². The highest BCUT2D eigenvalue weighted by molar-refractivity contribution is 7.10. The Morgan fingerprint density at radius 1 is 1.12 bits per heavy atom. The van der Waals surface area contributed by atoms with Crippen LogP contribution in [0.15, 0.2) is 47.8 Å². The van der Waals surface area contributed by atoms with E-state index in [0.29, 0.717) is 18.8 Å². The van der Waals surface area contributed by atoms with E-state index < -0.39 is 0 Å². The summed E-state index contributed by atoms with van der Waals surface area (Å²) in [6.45, 7) is 1.76. The van der Waals surface area contributed by atoms with Gasteiger partial charge in [-0.1, -0.05) is 12.1 Å². The van der Waals surface area contributed by atoms with Crippen molar-refractivity contribution in [3.05, 3.63) is 69.4 Å². The van der Waals surface area contributed by atoms with Crippen molar-refractivity contribution in [3.8, 4) is 23.0 Å². The second kappa shape index (κ2) is 9.33. The van der Waals surface area contributed by atoms with Crippen molar-refractivity contribution in [2.45, 2.75) is 19.0 Å². The average molecular weight is 467 g/mol. The lowest BCUT2D eigenvalue weighted by atomic mass is 9.91. The molecule has 7 nitrogen and oxygen atoms in total. The molecule has 0 fully saturated rings. The first-order valence-corrected chi connectivity index (χ1v) is 11.7. The van der Waals surface area contributed by atoms with Crippen LogP contribution >= 0.6 is 11.3 Å². The standard InChI is InChI=1S/C25H26N2O5S/c1-29-20-11-17-7-8-27(25(23-4-3-9-33-23)18(17)12-21(20)30-2)14-24(28)26-13-16-5-6-19-22(10-16)32-15-31-19/h3-6,9-12,25H,7-8,13-15H2,1-2H3,(H,26,28)/t25-/m1/s1. The van der Waals surface area contributed by atoms with E-state index in [1.807, 2.05) is 24.3 Å². The maximum Gasteiger partial charge on any atom is 0.234 e. The summed E-state index contributed by atoms with van der Waals surface area (Å²) in [6, 6.07) is 14.0. The lowest BCUT2D eigenvalue weighted by Gasteiger charge is -2.37. The van der Waals surface area contributed by atoms with Crippen LogP contribution in [0, 0.1) is 0 Å². The Kier molecular flexibility index (Phi) is 6.11. The lowest BCUT2D eigenvalue weighted by Crippen LogP contribution is -2.42. The van der Waals surface area contributed by atoms with Gasteiger partial charge in [0.25, 0.3) is 0 Å². The number of benzene rings is 2. The molecule has 2 aromatic carbocycles. The van der Waals surface area contributed by atoms with Crippen molar-refractivity contribution >= 4 is 17.2 Å². The highest BCUT2D eigenvalue weighted by Crippen LogP contribution is 2.42. The number of thiophene rings is 1. The third-order valence-electron chi connectivity index (χ3n) is 6.06. The molecule has 0 saturated carbocycles. The summed E-state index contributed by atoms with van der Waals surface area (Å²) >= 11 is 1.70. The van der Waals surface area contributed by atoms with E-state index in [1.165, 1.54) is 10.4 Å². The minimum absolute atomic E-state index is 0.00940. The van der Waals surface area contributed by atoms with Crippen LogP contribution in [0.1, 0.15) is 27.6 Å². The van der Waals surface area contributed by atoms with Gasteiger partial charge in [0.05, 0.1) is 26.8 Å². The highest BCUT2D eigenvalue weighted by atomic mass is 32.1. The Morgan fingerprint density at radius 2 is 1.94 bits per heavy atom. The smallest absolute Gasteiger partial charge is 0.234 e. The highest BCUT2D eigenvalue weighted by Gasteiger charge is 2.32. The van der Waals surface area contributed by atoms with Gasteiger partial charge in [0.2, 0.25) is 12.7 Å². The zero-order chi connectivity index (χ0) is 22.8. The van der Waals surface area contributed by atoms with Crippen LogP contribution in [0.5, 0.6) is 23.0 Å². The first-order valence-electron chi connectivity index (χ1n) is 10.8. The zero-order valence-electron chi connectivity index (χ0n) is 18.6. The van der Waals surface area contributed by atoms with E-state index in [1.54, 1.807) is 25.6 Å². The van der Waals surface area contributed by atoms with E-state index >= 15 is 0 Å². The number of ether oxygens (including phenoxy) is 4. The van der Waals surface area contributed by atoms with Gasteiger partial charge in [0, 0.05) is 18.0 Å². The summed E-state index contributed by atoms with van der Waals surface area (Å²) in [4.78, 5) is 16.4. The van der Waals surface area contributed by atoms with Gasteiger partial charge < -0.3 is 24.3 Å². The molecule has 33 heavy (non-hydrogen) atoms. The van der Waals surface area contributed by atoms with Gasteiger partial charge in [-0.15, -0.1) is 11.3 Å². The number of nitrogens with zero attached hydrogens (tertiary/aromatic N) is 1. The first kappa shape index (κ1) is 21.6. The minimum Gasteiger partial charge on any atom is -0.493 e. The summed E-state index contributed by atoms with van der Waals surface area (Å²) in [6.07, 6.45) is 0.840. The fourth-order valence-corrected chi connectivity index (χ4v) is 5.32. The van der Waals surface area contributed by atoms with Crippen molar-refractivity contribution in [3.63, 3.8) is 0 Å². The van der Waals surface area contributed by atoms with Gasteiger partial charge >= 0.3 is 0 Å². The molecule has 3 aromatic rings. The molecule has 1 amide bonds. The first-order chi connectivity index (χ1) is 16.2. The molecule has 0 spiro atoms.